The molecule has 138 valence electrons. The van der Waals surface area contributed by atoms with Crippen LogP contribution in [0.25, 0.3) is 10.9 Å². The van der Waals surface area contributed by atoms with Crippen molar-refractivity contribution in [2.24, 2.45) is 0 Å². The van der Waals surface area contributed by atoms with Crippen LogP contribution in [0.2, 0.25) is 0 Å². The third-order valence-electron chi connectivity index (χ3n) is 3.86. The van der Waals surface area contributed by atoms with Crippen LogP contribution in [0, 0.1) is 0 Å². The van der Waals surface area contributed by atoms with Gasteiger partial charge in [-0.05, 0) is 6.07 Å². The van der Waals surface area contributed by atoms with Crippen LogP contribution in [-0.2, 0) is 16.0 Å². The van der Waals surface area contributed by atoms with E-state index in [1.165, 1.54) is 7.11 Å². The number of hydrogen-bond donors (Lipinski definition) is 1. The zero-order valence-corrected chi connectivity index (χ0v) is 15.1. The number of H-pyrrole nitrogens is 1. The maximum absolute atomic E-state index is 12.4. The molecule has 1 N–H and O–H groups in total. The van der Waals surface area contributed by atoms with Gasteiger partial charge in [0.05, 0.1) is 44.9 Å². The number of rotatable bonds is 10. The monoisotopic (exact) mass is 351 g/mol. The van der Waals surface area contributed by atoms with E-state index in [9.17, 15) is 4.79 Å². The van der Waals surface area contributed by atoms with Crippen molar-refractivity contribution < 1.29 is 18.9 Å². The molecule has 0 saturated carbocycles. The first-order chi connectivity index (χ1) is 12.1. The minimum atomic E-state index is -0.209. The lowest BCUT2D eigenvalue weighted by atomic mass is 10.2. The smallest absolute Gasteiger partial charge is 0.258 e. The van der Waals surface area contributed by atoms with Crippen molar-refractivity contribution in [2.45, 2.75) is 6.54 Å². The largest absolute Gasteiger partial charge is 0.493 e. The second kappa shape index (κ2) is 9.36. The summed E-state index contributed by atoms with van der Waals surface area (Å²) < 4.78 is 20.8. The lowest BCUT2D eigenvalue weighted by Gasteiger charge is -2.21. The highest BCUT2D eigenvalue weighted by Crippen LogP contribution is 2.29. The van der Waals surface area contributed by atoms with Crippen LogP contribution in [0.15, 0.2) is 16.9 Å². The number of nitrogens with zero attached hydrogens (tertiary/aromatic N) is 2. The minimum Gasteiger partial charge on any atom is -0.493 e. The molecule has 0 aliphatic rings. The standard InChI is InChI=1S/C17H25N3O5/c1-22-7-5-20(6-8-23-2)11-16-18-13-10-15(25-4)14(24-3)9-12(13)17(21)19-16/h9-10H,5-8,11H2,1-4H3,(H,18,19,21). The first-order valence-corrected chi connectivity index (χ1v) is 7.98. The zero-order chi connectivity index (χ0) is 18.2. The molecular weight excluding hydrogens is 326 g/mol. The van der Waals surface area contributed by atoms with Gasteiger partial charge in [0.15, 0.2) is 11.5 Å². The molecule has 0 bridgehead atoms. The first kappa shape index (κ1) is 19.2. The van der Waals surface area contributed by atoms with Gasteiger partial charge in [0, 0.05) is 33.4 Å². The van der Waals surface area contributed by atoms with Gasteiger partial charge in [-0.3, -0.25) is 9.69 Å². The zero-order valence-electron chi connectivity index (χ0n) is 15.1. The van der Waals surface area contributed by atoms with Crippen molar-refractivity contribution in [1.82, 2.24) is 14.9 Å². The van der Waals surface area contributed by atoms with E-state index >= 15 is 0 Å². The van der Waals surface area contributed by atoms with E-state index in [4.69, 9.17) is 18.9 Å². The highest BCUT2D eigenvalue weighted by atomic mass is 16.5. The van der Waals surface area contributed by atoms with Crippen molar-refractivity contribution >= 4 is 10.9 Å². The molecule has 0 radical (unpaired) electrons. The molecule has 0 unspecified atom stereocenters. The Morgan fingerprint density at radius 2 is 1.60 bits per heavy atom. The lowest BCUT2D eigenvalue weighted by molar-refractivity contribution is 0.109. The number of benzene rings is 1. The summed E-state index contributed by atoms with van der Waals surface area (Å²) in [6.07, 6.45) is 0. The second-order valence-electron chi connectivity index (χ2n) is 5.50. The Labute approximate surface area is 146 Å². The Morgan fingerprint density at radius 3 is 2.16 bits per heavy atom. The molecule has 8 heteroatoms. The average Bonchev–Trinajstić information content (AvgIpc) is 2.62. The summed E-state index contributed by atoms with van der Waals surface area (Å²) in [6.45, 7) is 3.10. The Morgan fingerprint density at radius 1 is 1.00 bits per heavy atom. The summed E-state index contributed by atoms with van der Waals surface area (Å²) in [4.78, 5) is 21.9. The fraction of sp³-hybridized carbons (Fsp3) is 0.529. The number of aromatic amines is 1. The Bertz CT molecular complexity index is 739. The Hall–Kier alpha value is -2.16. The van der Waals surface area contributed by atoms with Crippen LogP contribution in [0.5, 0.6) is 11.5 Å². The van der Waals surface area contributed by atoms with Crippen LogP contribution in [-0.4, -0.2) is 69.6 Å². The SMILES string of the molecule is COCCN(CCOC)Cc1nc2cc(OC)c(OC)cc2c(=O)[nH]1. The summed E-state index contributed by atoms with van der Waals surface area (Å²) in [6, 6.07) is 3.35. The summed E-state index contributed by atoms with van der Waals surface area (Å²) in [5, 5.41) is 0.460. The lowest BCUT2D eigenvalue weighted by Crippen LogP contribution is -2.31. The second-order valence-corrected chi connectivity index (χ2v) is 5.50. The van der Waals surface area contributed by atoms with Crippen molar-refractivity contribution in [1.29, 1.82) is 0 Å². The van der Waals surface area contributed by atoms with Crippen molar-refractivity contribution in [3.63, 3.8) is 0 Å². The van der Waals surface area contributed by atoms with Gasteiger partial charge < -0.3 is 23.9 Å². The van der Waals surface area contributed by atoms with Crippen LogP contribution in [0.1, 0.15) is 5.82 Å². The summed E-state index contributed by atoms with van der Waals surface area (Å²) >= 11 is 0. The third kappa shape index (κ3) is 4.91. The summed E-state index contributed by atoms with van der Waals surface area (Å²) in [7, 11) is 6.40. The van der Waals surface area contributed by atoms with Gasteiger partial charge in [0.2, 0.25) is 0 Å². The topological polar surface area (TPSA) is 85.9 Å². The number of aromatic nitrogens is 2. The van der Waals surface area contributed by atoms with E-state index in [-0.39, 0.29) is 5.56 Å². The predicted molar refractivity (Wildman–Crippen MR) is 94.5 cm³/mol. The summed E-state index contributed by atoms with van der Waals surface area (Å²) in [5.74, 6) is 1.61. The Kier molecular flexibility index (Phi) is 7.17. The number of nitrogens with one attached hydrogen (secondary N) is 1. The van der Waals surface area contributed by atoms with E-state index in [1.807, 2.05) is 0 Å². The molecule has 8 nitrogen and oxygen atoms in total. The molecule has 0 amide bonds. The molecule has 0 saturated heterocycles. The predicted octanol–water partition coefficient (Wildman–Crippen LogP) is 1.04. The van der Waals surface area contributed by atoms with Crippen LogP contribution in [0.4, 0.5) is 0 Å². The molecule has 2 rings (SSSR count). The quantitative estimate of drug-likeness (QED) is 0.684. The van der Waals surface area contributed by atoms with Crippen LogP contribution < -0.4 is 15.0 Å². The van der Waals surface area contributed by atoms with Gasteiger partial charge in [0.1, 0.15) is 5.82 Å². The van der Waals surface area contributed by atoms with E-state index in [2.05, 4.69) is 14.9 Å². The van der Waals surface area contributed by atoms with E-state index in [1.54, 1.807) is 33.5 Å². The fourth-order valence-corrected chi connectivity index (χ4v) is 2.51. The van der Waals surface area contributed by atoms with Crippen molar-refractivity contribution in [2.75, 3.05) is 54.7 Å². The molecule has 2 aromatic rings. The molecule has 1 aromatic heterocycles. The first-order valence-electron chi connectivity index (χ1n) is 7.98. The molecule has 0 atom stereocenters. The van der Waals surface area contributed by atoms with Gasteiger partial charge in [-0.25, -0.2) is 4.98 Å². The number of hydrogen-bond acceptors (Lipinski definition) is 7. The number of fused-ring (bicyclic) bond motifs is 1. The average molecular weight is 351 g/mol. The number of ether oxygens (including phenoxy) is 4. The molecule has 0 aliphatic heterocycles. The minimum absolute atomic E-state index is 0.209. The molecule has 0 aliphatic carbocycles. The molecule has 0 spiro atoms. The normalized spacial score (nSPS) is 11.2. The van der Waals surface area contributed by atoms with Gasteiger partial charge >= 0.3 is 0 Å². The molecule has 1 heterocycles. The number of methoxy groups -OCH3 is 4. The maximum atomic E-state index is 12.4. The van der Waals surface area contributed by atoms with Crippen molar-refractivity contribution in [3.05, 3.63) is 28.3 Å². The highest BCUT2D eigenvalue weighted by Gasteiger charge is 2.13. The van der Waals surface area contributed by atoms with Gasteiger partial charge in [-0.1, -0.05) is 0 Å². The summed E-state index contributed by atoms with van der Waals surface area (Å²) in [5.41, 5.74) is 0.356. The molecular formula is C17H25N3O5. The van der Waals surface area contributed by atoms with Crippen molar-refractivity contribution in [3.8, 4) is 11.5 Å². The highest BCUT2D eigenvalue weighted by molar-refractivity contribution is 5.81. The van der Waals surface area contributed by atoms with E-state index in [0.717, 1.165) is 0 Å². The molecule has 0 fully saturated rings. The van der Waals surface area contributed by atoms with Gasteiger partial charge in [-0.2, -0.15) is 0 Å². The fourth-order valence-electron chi connectivity index (χ4n) is 2.51. The van der Waals surface area contributed by atoms with Crippen LogP contribution >= 0.6 is 0 Å². The van der Waals surface area contributed by atoms with Gasteiger partial charge in [-0.15, -0.1) is 0 Å². The van der Waals surface area contributed by atoms with Crippen LogP contribution in [0.3, 0.4) is 0 Å². The van der Waals surface area contributed by atoms with Gasteiger partial charge in [0.25, 0.3) is 5.56 Å². The maximum Gasteiger partial charge on any atom is 0.258 e. The molecule has 25 heavy (non-hydrogen) atoms. The van der Waals surface area contributed by atoms with E-state index < -0.39 is 0 Å². The third-order valence-corrected chi connectivity index (χ3v) is 3.86. The van der Waals surface area contributed by atoms with E-state index in [0.29, 0.717) is 61.1 Å². The Balaban J connectivity index is 2.32. The molecule has 1 aromatic carbocycles.